The molecule has 0 heterocycles. The van der Waals surface area contributed by atoms with E-state index in [0.29, 0.717) is 29.7 Å². The molecule has 2 rings (SSSR count). The molecule has 7 heteroatoms. The Balaban J connectivity index is 1.92. The minimum absolute atomic E-state index is 0.237. The monoisotopic (exact) mass is 405 g/mol. The third-order valence-electron chi connectivity index (χ3n) is 3.86. The maximum absolute atomic E-state index is 12.3. The molecule has 0 aliphatic heterocycles. The predicted molar refractivity (Wildman–Crippen MR) is 107 cm³/mol. The number of carbonyl (C=O) groups excluding carboxylic acids is 2. The summed E-state index contributed by atoms with van der Waals surface area (Å²) in [4.78, 5) is 24.3. The standard InChI is InChI=1S/C21H24ClNO5/c1-4-26-18-11-8-16(12-19(18)27-5-2)21(25)28-13-20(24)23-14(3)15-6-9-17(22)10-7-15/h6-12,14H,4-5,13H2,1-3H3,(H,23,24)/t14-/m1/s1. The van der Waals surface area contributed by atoms with Gasteiger partial charge in [0.15, 0.2) is 18.1 Å². The van der Waals surface area contributed by atoms with E-state index in [-0.39, 0.29) is 18.2 Å². The van der Waals surface area contributed by atoms with Crippen LogP contribution < -0.4 is 14.8 Å². The molecule has 0 unspecified atom stereocenters. The molecule has 0 radical (unpaired) electrons. The van der Waals surface area contributed by atoms with Crippen LogP contribution in [0.2, 0.25) is 5.02 Å². The van der Waals surface area contributed by atoms with E-state index in [1.807, 2.05) is 32.9 Å². The Bertz CT molecular complexity index is 807. The van der Waals surface area contributed by atoms with Gasteiger partial charge in [-0.3, -0.25) is 4.79 Å². The third-order valence-corrected chi connectivity index (χ3v) is 4.11. The van der Waals surface area contributed by atoms with Gasteiger partial charge < -0.3 is 19.5 Å². The SMILES string of the molecule is CCOc1ccc(C(=O)OCC(=O)N[C@H](C)c2ccc(Cl)cc2)cc1OCC. The summed E-state index contributed by atoms with van der Waals surface area (Å²) in [6.45, 7) is 6.07. The van der Waals surface area contributed by atoms with E-state index in [9.17, 15) is 9.59 Å². The molecule has 28 heavy (non-hydrogen) atoms. The lowest BCUT2D eigenvalue weighted by molar-refractivity contribution is -0.124. The van der Waals surface area contributed by atoms with Gasteiger partial charge in [-0.1, -0.05) is 23.7 Å². The number of hydrogen-bond acceptors (Lipinski definition) is 5. The number of rotatable bonds is 9. The molecule has 0 aliphatic rings. The predicted octanol–water partition coefficient (Wildman–Crippen LogP) is 4.17. The molecule has 2 aromatic rings. The number of amides is 1. The molecule has 0 aliphatic carbocycles. The number of carbonyl (C=O) groups is 2. The largest absolute Gasteiger partial charge is 0.490 e. The zero-order valence-corrected chi connectivity index (χ0v) is 16.9. The van der Waals surface area contributed by atoms with Crippen LogP contribution in [0.1, 0.15) is 42.7 Å². The van der Waals surface area contributed by atoms with Crippen LogP contribution >= 0.6 is 11.6 Å². The van der Waals surface area contributed by atoms with Gasteiger partial charge in [0.2, 0.25) is 0 Å². The van der Waals surface area contributed by atoms with Crippen molar-refractivity contribution in [1.29, 1.82) is 0 Å². The zero-order chi connectivity index (χ0) is 20.5. The molecular formula is C21H24ClNO5. The lowest BCUT2D eigenvalue weighted by atomic mass is 10.1. The average Bonchev–Trinajstić information content (AvgIpc) is 2.68. The normalized spacial score (nSPS) is 11.4. The molecule has 1 atom stereocenters. The van der Waals surface area contributed by atoms with Crippen molar-refractivity contribution < 1.29 is 23.8 Å². The Hall–Kier alpha value is -2.73. The Morgan fingerprint density at radius 1 is 1.00 bits per heavy atom. The molecule has 0 saturated heterocycles. The Morgan fingerprint density at radius 2 is 1.64 bits per heavy atom. The third kappa shape index (κ3) is 6.16. The fraction of sp³-hybridized carbons (Fsp3) is 0.333. The molecule has 0 aromatic heterocycles. The van der Waals surface area contributed by atoms with Crippen molar-refractivity contribution in [2.75, 3.05) is 19.8 Å². The van der Waals surface area contributed by atoms with Crippen LogP contribution in [-0.2, 0) is 9.53 Å². The van der Waals surface area contributed by atoms with Crippen LogP contribution in [-0.4, -0.2) is 31.7 Å². The van der Waals surface area contributed by atoms with Crippen molar-refractivity contribution in [2.45, 2.75) is 26.8 Å². The van der Waals surface area contributed by atoms with Crippen molar-refractivity contribution in [3.8, 4) is 11.5 Å². The van der Waals surface area contributed by atoms with Crippen molar-refractivity contribution in [1.82, 2.24) is 5.32 Å². The first-order valence-electron chi connectivity index (χ1n) is 9.06. The van der Waals surface area contributed by atoms with E-state index in [0.717, 1.165) is 5.56 Å². The average molecular weight is 406 g/mol. The minimum atomic E-state index is -0.613. The van der Waals surface area contributed by atoms with Gasteiger partial charge in [0.25, 0.3) is 5.91 Å². The molecule has 0 fully saturated rings. The molecule has 1 amide bonds. The summed E-state index contributed by atoms with van der Waals surface area (Å²) >= 11 is 5.86. The maximum Gasteiger partial charge on any atom is 0.338 e. The Labute approximate surface area is 169 Å². The van der Waals surface area contributed by atoms with Crippen LogP contribution in [0.3, 0.4) is 0 Å². The van der Waals surface area contributed by atoms with Crippen LogP contribution in [0.15, 0.2) is 42.5 Å². The first-order valence-corrected chi connectivity index (χ1v) is 9.44. The van der Waals surface area contributed by atoms with Gasteiger partial charge >= 0.3 is 5.97 Å². The van der Waals surface area contributed by atoms with Gasteiger partial charge in [-0.05, 0) is 56.7 Å². The highest BCUT2D eigenvalue weighted by Crippen LogP contribution is 2.28. The Kier molecular flexibility index (Phi) is 8.14. The van der Waals surface area contributed by atoms with E-state index in [2.05, 4.69) is 5.32 Å². The fourth-order valence-corrected chi connectivity index (χ4v) is 2.64. The minimum Gasteiger partial charge on any atom is -0.490 e. The molecule has 0 saturated carbocycles. The quantitative estimate of drug-likeness (QED) is 0.634. The van der Waals surface area contributed by atoms with E-state index >= 15 is 0 Å². The first kappa shape index (κ1) is 21.6. The van der Waals surface area contributed by atoms with Crippen LogP contribution in [0.4, 0.5) is 0 Å². The Morgan fingerprint density at radius 3 is 2.29 bits per heavy atom. The molecule has 0 spiro atoms. The maximum atomic E-state index is 12.3. The topological polar surface area (TPSA) is 73.9 Å². The number of hydrogen-bond donors (Lipinski definition) is 1. The zero-order valence-electron chi connectivity index (χ0n) is 16.2. The summed E-state index contributed by atoms with van der Waals surface area (Å²) in [6.07, 6.45) is 0. The summed E-state index contributed by atoms with van der Waals surface area (Å²) < 4.78 is 16.1. The van der Waals surface area contributed by atoms with E-state index in [1.54, 1.807) is 30.3 Å². The van der Waals surface area contributed by atoms with Crippen LogP contribution in [0.25, 0.3) is 0 Å². The number of benzene rings is 2. The molecule has 2 aromatic carbocycles. The smallest absolute Gasteiger partial charge is 0.338 e. The summed E-state index contributed by atoms with van der Waals surface area (Å²) in [6, 6.07) is 11.7. The van der Waals surface area contributed by atoms with Gasteiger partial charge in [-0.15, -0.1) is 0 Å². The molecular weight excluding hydrogens is 382 g/mol. The van der Waals surface area contributed by atoms with E-state index in [1.165, 1.54) is 0 Å². The van der Waals surface area contributed by atoms with Crippen LogP contribution in [0, 0.1) is 0 Å². The summed E-state index contributed by atoms with van der Waals surface area (Å²) in [5, 5.41) is 3.40. The summed E-state index contributed by atoms with van der Waals surface area (Å²) in [5.74, 6) is 0.000102. The number of esters is 1. The van der Waals surface area contributed by atoms with Crippen LogP contribution in [0.5, 0.6) is 11.5 Å². The highest BCUT2D eigenvalue weighted by atomic mass is 35.5. The van der Waals surface area contributed by atoms with Crippen molar-refractivity contribution in [3.63, 3.8) is 0 Å². The second-order valence-corrected chi connectivity index (χ2v) is 6.38. The molecule has 150 valence electrons. The lowest BCUT2D eigenvalue weighted by Crippen LogP contribution is -2.31. The van der Waals surface area contributed by atoms with E-state index in [4.69, 9.17) is 25.8 Å². The second-order valence-electron chi connectivity index (χ2n) is 5.94. The van der Waals surface area contributed by atoms with Gasteiger partial charge in [-0.25, -0.2) is 4.79 Å². The van der Waals surface area contributed by atoms with E-state index < -0.39 is 11.9 Å². The second kappa shape index (κ2) is 10.6. The number of ether oxygens (including phenoxy) is 3. The van der Waals surface area contributed by atoms with Crippen molar-refractivity contribution >= 4 is 23.5 Å². The van der Waals surface area contributed by atoms with Crippen molar-refractivity contribution in [2.24, 2.45) is 0 Å². The first-order chi connectivity index (χ1) is 13.4. The van der Waals surface area contributed by atoms with Crippen molar-refractivity contribution in [3.05, 3.63) is 58.6 Å². The molecule has 0 bridgehead atoms. The molecule has 6 nitrogen and oxygen atoms in total. The highest BCUT2D eigenvalue weighted by Gasteiger charge is 2.15. The number of nitrogens with one attached hydrogen (secondary N) is 1. The summed E-state index contributed by atoms with van der Waals surface area (Å²) in [5.41, 5.74) is 1.18. The highest BCUT2D eigenvalue weighted by molar-refractivity contribution is 6.30. The van der Waals surface area contributed by atoms with Gasteiger partial charge in [0, 0.05) is 5.02 Å². The fourth-order valence-electron chi connectivity index (χ4n) is 2.51. The van der Waals surface area contributed by atoms with Gasteiger partial charge in [-0.2, -0.15) is 0 Å². The molecule has 1 N–H and O–H groups in total. The summed E-state index contributed by atoms with van der Waals surface area (Å²) in [7, 11) is 0. The van der Waals surface area contributed by atoms with Gasteiger partial charge in [0.1, 0.15) is 0 Å². The lowest BCUT2D eigenvalue weighted by Gasteiger charge is -2.15. The number of halogens is 1. The van der Waals surface area contributed by atoms with Gasteiger partial charge in [0.05, 0.1) is 24.8 Å².